The molecule has 132 valence electrons. The van der Waals surface area contributed by atoms with Crippen molar-refractivity contribution >= 4 is 17.5 Å². The fraction of sp³-hybridized carbons (Fsp3) is 0.529. The Morgan fingerprint density at radius 3 is 2.46 bits per heavy atom. The third-order valence-electron chi connectivity index (χ3n) is 4.19. The molecule has 2 amide bonds. The molecular weight excluding hydrogens is 311 g/mol. The number of benzene rings is 1. The van der Waals surface area contributed by atoms with Crippen molar-refractivity contribution in [3.8, 4) is 0 Å². The Morgan fingerprint density at radius 2 is 1.88 bits per heavy atom. The van der Waals surface area contributed by atoms with Gasteiger partial charge < -0.3 is 20.4 Å². The third kappa shape index (κ3) is 5.19. The Kier molecular flexibility index (Phi) is 6.54. The second kappa shape index (κ2) is 8.63. The minimum absolute atomic E-state index is 0.112. The van der Waals surface area contributed by atoms with Crippen molar-refractivity contribution in [2.24, 2.45) is 0 Å². The number of nitrogens with zero attached hydrogens (tertiary/aromatic N) is 1. The van der Waals surface area contributed by atoms with Gasteiger partial charge in [-0.2, -0.15) is 0 Å². The summed E-state index contributed by atoms with van der Waals surface area (Å²) in [4.78, 5) is 27.1. The van der Waals surface area contributed by atoms with E-state index in [1.807, 2.05) is 6.92 Å². The minimum atomic E-state index is -0.516. The number of piperazine rings is 1. The summed E-state index contributed by atoms with van der Waals surface area (Å²) in [5, 5.41) is 5.42. The van der Waals surface area contributed by atoms with Gasteiger partial charge in [0.25, 0.3) is 5.91 Å². The highest BCUT2D eigenvalue weighted by atomic mass is 19.1. The molecule has 0 spiro atoms. The average Bonchev–Trinajstić information content (AvgIpc) is 2.56. The normalized spacial score (nSPS) is 16.5. The average molecular weight is 337 g/mol. The number of halogens is 1. The summed E-state index contributed by atoms with van der Waals surface area (Å²) in [5.74, 6) is -0.512. The lowest BCUT2D eigenvalue weighted by atomic mass is 10.2. The molecule has 0 unspecified atom stereocenters. The lowest BCUT2D eigenvalue weighted by Gasteiger charge is -2.33. The van der Waals surface area contributed by atoms with Gasteiger partial charge in [0, 0.05) is 12.2 Å². The van der Waals surface area contributed by atoms with Crippen LogP contribution in [0.5, 0.6) is 0 Å². The first-order valence-corrected chi connectivity index (χ1v) is 8.40. The Labute approximate surface area is 142 Å². The van der Waals surface area contributed by atoms with Crippen LogP contribution in [0.1, 0.15) is 13.8 Å². The highest BCUT2D eigenvalue weighted by Crippen LogP contribution is 2.14. The van der Waals surface area contributed by atoms with E-state index in [0.29, 0.717) is 13.1 Å². The fourth-order valence-electron chi connectivity index (χ4n) is 2.82. The first-order valence-electron chi connectivity index (χ1n) is 8.40. The van der Waals surface area contributed by atoms with Crippen molar-refractivity contribution in [2.45, 2.75) is 19.9 Å². The summed E-state index contributed by atoms with van der Waals surface area (Å²) in [5.41, 5.74) is 1.00. The van der Waals surface area contributed by atoms with E-state index in [4.69, 9.17) is 0 Å². The number of carbonyl (C=O) groups excluding carboxylic acids is 2. The molecule has 0 saturated carbocycles. The topological polar surface area (TPSA) is 65.9 Å². The van der Waals surface area contributed by atoms with E-state index >= 15 is 0 Å². The predicted octanol–water partition coefficient (Wildman–Crippen LogP) is -0.829. The summed E-state index contributed by atoms with van der Waals surface area (Å²) >= 11 is 0. The molecule has 0 aromatic heterocycles. The number of nitrogens with one attached hydrogen (secondary N) is 3. The van der Waals surface area contributed by atoms with Crippen LogP contribution in [0.2, 0.25) is 0 Å². The molecule has 3 N–H and O–H groups in total. The van der Waals surface area contributed by atoms with Crippen LogP contribution in [0.15, 0.2) is 24.3 Å². The second-order valence-corrected chi connectivity index (χ2v) is 6.07. The van der Waals surface area contributed by atoms with Gasteiger partial charge in [0.1, 0.15) is 11.9 Å². The predicted molar refractivity (Wildman–Crippen MR) is 90.5 cm³/mol. The molecular formula is C17H26FN4O2+. The van der Waals surface area contributed by atoms with Crippen LogP contribution in [0.3, 0.4) is 0 Å². The van der Waals surface area contributed by atoms with Gasteiger partial charge in [-0.3, -0.25) is 9.59 Å². The minimum Gasteiger partial charge on any atom is -0.360 e. The zero-order valence-electron chi connectivity index (χ0n) is 14.3. The molecule has 2 rings (SSSR count). The number of hydrogen-bond donors (Lipinski definition) is 3. The Bertz CT molecular complexity index is 556. The van der Waals surface area contributed by atoms with E-state index in [0.717, 1.165) is 31.9 Å². The molecule has 1 atom stereocenters. The van der Waals surface area contributed by atoms with Gasteiger partial charge in [-0.25, -0.2) is 4.39 Å². The van der Waals surface area contributed by atoms with Crippen LogP contribution < -0.4 is 20.4 Å². The molecule has 1 fully saturated rings. The lowest BCUT2D eigenvalue weighted by molar-refractivity contribution is -0.892. The highest BCUT2D eigenvalue weighted by Gasteiger charge is 2.24. The smallest absolute Gasteiger partial charge is 0.275 e. The van der Waals surface area contributed by atoms with E-state index < -0.39 is 6.04 Å². The summed E-state index contributed by atoms with van der Waals surface area (Å²) in [7, 11) is 0. The number of anilines is 1. The van der Waals surface area contributed by atoms with Crippen LogP contribution in [-0.4, -0.2) is 57.1 Å². The quantitative estimate of drug-likeness (QED) is 0.635. The van der Waals surface area contributed by atoms with Gasteiger partial charge in [0.15, 0.2) is 6.54 Å². The van der Waals surface area contributed by atoms with Gasteiger partial charge in [0.2, 0.25) is 5.91 Å². The molecule has 6 nitrogen and oxygen atoms in total. The Hall–Kier alpha value is -2.15. The van der Waals surface area contributed by atoms with Crippen LogP contribution in [0, 0.1) is 5.82 Å². The Morgan fingerprint density at radius 1 is 1.25 bits per heavy atom. The zero-order valence-corrected chi connectivity index (χ0v) is 14.3. The number of carbonyl (C=O) groups is 2. The Balaban J connectivity index is 1.75. The van der Waals surface area contributed by atoms with Crippen LogP contribution in [-0.2, 0) is 9.59 Å². The van der Waals surface area contributed by atoms with Crippen molar-refractivity contribution in [3.63, 3.8) is 0 Å². The molecule has 1 heterocycles. The summed E-state index contributed by atoms with van der Waals surface area (Å²) in [6.45, 7) is 7.75. The molecule has 1 saturated heterocycles. The first kappa shape index (κ1) is 18.2. The number of quaternary nitrogens is 1. The van der Waals surface area contributed by atoms with Gasteiger partial charge in [-0.05, 0) is 38.1 Å². The van der Waals surface area contributed by atoms with Crippen molar-refractivity contribution in [2.75, 3.05) is 44.2 Å². The number of likely N-dealkylation sites (N-methyl/N-ethyl adjacent to an activating group) is 1. The van der Waals surface area contributed by atoms with Gasteiger partial charge in [-0.1, -0.05) is 0 Å². The fourth-order valence-corrected chi connectivity index (χ4v) is 2.82. The van der Waals surface area contributed by atoms with Gasteiger partial charge in [0.05, 0.1) is 26.2 Å². The molecule has 24 heavy (non-hydrogen) atoms. The van der Waals surface area contributed by atoms with E-state index in [2.05, 4.69) is 15.5 Å². The molecule has 7 heteroatoms. The zero-order chi connectivity index (χ0) is 17.5. The van der Waals surface area contributed by atoms with Crippen molar-refractivity contribution in [1.82, 2.24) is 10.6 Å². The molecule has 0 aliphatic carbocycles. The van der Waals surface area contributed by atoms with E-state index in [9.17, 15) is 14.0 Å². The van der Waals surface area contributed by atoms with Crippen molar-refractivity contribution in [3.05, 3.63) is 30.1 Å². The SMILES string of the molecule is CCNC(=O)[C@@H](C)NC(=O)C[NH+]1CCN(c2ccc(F)cc2)CC1. The number of amides is 2. The van der Waals surface area contributed by atoms with E-state index in [1.54, 1.807) is 19.1 Å². The van der Waals surface area contributed by atoms with Gasteiger partial charge in [-0.15, -0.1) is 0 Å². The monoisotopic (exact) mass is 337 g/mol. The second-order valence-electron chi connectivity index (χ2n) is 6.07. The van der Waals surface area contributed by atoms with E-state index in [-0.39, 0.29) is 17.6 Å². The highest BCUT2D eigenvalue weighted by molar-refractivity contribution is 5.87. The summed E-state index contributed by atoms with van der Waals surface area (Å²) in [6.07, 6.45) is 0. The van der Waals surface area contributed by atoms with Crippen LogP contribution in [0.4, 0.5) is 10.1 Å². The van der Waals surface area contributed by atoms with Crippen molar-refractivity contribution in [1.29, 1.82) is 0 Å². The van der Waals surface area contributed by atoms with Crippen LogP contribution >= 0.6 is 0 Å². The third-order valence-corrected chi connectivity index (χ3v) is 4.19. The van der Waals surface area contributed by atoms with Gasteiger partial charge >= 0.3 is 0 Å². The molecule has 1 aliphatic heterocycles. The van der Waals surface area contributed by atoms with E-state index in [1.165, 1.54) is 17.0 Å². The summed E-state index contributed by atoms with van der Waals surface area (Å²) in [6, 6.07) is 5.97. The number of rotatable bonds is 6. The molecule has 1 aromatic carbocycles. The largest absolute Gasteiger partial charge is 0.360 e. The number of hydrogen-bond acceptors (Lipinski definition) is 3. The molecule has 0 radical (unpaired) electrons. The molecule has 0 bridgehead atoms. The molecule has 1 aromatic rings. The van der Waals surface area contributed by atoms with Crippen LogP contribution in [0.25, 0.3) is 0 Å². The maximum Gasteiger partial charge on any atom is 0.275 e. The first-order chi connectivity index (χ1) is 11.5. The maximum atomic E-state index is 13.0. The molecule has 1 aliphatic rings. The maximum absolute atomic E-state index is 13.0. The summed E-state index contributed by atoms with van der Waals surface area (Å²) < 4.78 is 13.0. The standard InChI is InChI=1S/C17H25FN4O2/c1-3-19-17(24)13(2)20-16(23)12-21-8-10-22(11-9-21)15-6-4-14(18)5-7-15/h4-7,13H,3,8-12H2,1-2H3,(H,19,24)(H,20,23)/p+1/t13-/m1/s1. The lowest BCUT2D eigenvalue weighted by Crippen LogP contribution is -3.16. The van der Waals surface area contributed by atoms with Crippen molar-refractivity contribution < 1.29 is 18.9 Å².